The summed E-state index contributed by atoms with van der Waals surface area (Å²) in [6.45, 7) is -0.152. The number of imide groups is 1. The molecule has 2 aromatic rings. The second-order valence-electron chi connectivity index (χ2n) is 10.7. The highest BCUT2D eigenvalue weighted by Gasteiger charge is 2.56. The normalized spacial score (nSPS) is 23.8. The Kier molecular flexibility index (Phi) is 6.04. The van der Waals surface area contributed by atoms with E-state index in [0.29, 0.717) is 36.3 Å². The first-order valence-electron chi connectivity index (χ1n) is 13.1. The van der Waals surface area contributed by atoms with Crippen LogP contribution in [0.1, 0.15) is 47.9 Å². The summed E-state index contributed by atoms with van der Waals surface area (Å²) < 4.78 is 33.3. The Balaban J connectivity index is 1.24. The van der Waals surface area contributed by atoms with Crippen molar-refractivity contribution in [3.8, 4) is 0 Å². The van der Waals surface area contributed by atoms with Crippen LogP contribution in [0.25, 0.3) is 0 Å². The van der Waals surface area contributed by atoms with Crippen molar-refractivity contribution in [2.24, 2.45) is 5.92 Å². The number of carbonyl (C=O) groups excluding carboxylic acids is 4. The summed E-state index contributed by atoms with van der Waals surface area (Å²) in [6, 6.07) is 6.39. The van der Waals surface area contributed by atoms with Crippen molar-refractivity contribution in [1.29, 1.82) is 0 Å². The first kappa shape index (κ1) is 25.3. The standard InChI is InChI=1S/C28H28F2N4O5/c1-39-27(38)31-22-11-17-8-9-28(20(17)12-21(22)30)25(36)34(26(37)32-28)14-24(35)33-13-18-4-6-19(29)10-16(18)5-7-23(33)15-2-3-15/h4,6,10-12,15,23H,2-3,5,7-9,13-14H2,1H3,(H,31,38)(H,32,37)/t23-,28?/m0/s1. The van der Waals surface area contributed by atoms with Gasteiger partial charge in [-0.1, -0.05) is 6.07 Å². The van der Waals surface area contributed by atoms with Crippen molar-refractivity contribution < 1.29 is 32.7 Å². The monoisotopic (exact) mass is 538 g/mol. The zero-order valence-corrected chi connectivity index (χ0v) is 21.4. The molecule has 1 saturated carbocycles. The van der Waals surface area contributed by atoms with Crippen LogP contribution >= 0.6 is 0 Å². The third-order valence-corrected chi connectivity index (χ3v) is 8.42. The topological polar surface area (TPSA) is 108 Å². The summed E-state index contributed by atoms with van der Waals surface area (Å²) >= 11 is 0. The van der Waals surface area contributed by atoms with E-state index in [1.54, 1.807) is 11.0 Å². The maximum Gasteiger partial charge on any atom is 0.411 e. The van der Waals surface area contributed by atoms with E-state index in [9.17, 15) is 28.0 Å². The summed E-state index contributed by atoms with van der Waals surface area (Å²) in [6.07, 6.45) is 3.07. The number of hydrogen-bond donors (Lipinski definition) is 2. The maximum absolute atomic E-state index is 14.9. The van der Waals surface area contributed by atoms with Gasteiger partial charge >= 0.3 is 12.1 Å². The highest BCUT2D eigenvalue weighted by Crippen LogP contribution is 2.44. The molecule has 1 saturated heterocycles. The number of urea groups is 1. The molecule has 204 valence electrons. The predicted molar refractivity (Wildman–Crippen MR) is 134 cm³/mol. The fourth-order valence-corrected chi connectivity index (χ4v) is 6.27. The average Bonchev–Trinajstić information content (AvgIpc) is 3.68. The number of hydrogen-bond acceptors (Lipinski definition) is 5. The number of nitrogens with one attached hydrogen (secondary N) is 2. The number of nitrogens with zero attached hydrogens (tertiary/aromatic N) is 2. The molecule has 0 aromatic heterocycles. The van der Waals surface area contributed by atoms with E-state index in [1.165, 1.54) is 18.2 Å². The van der Waals surface area contributed by atoms with E-state index in [-0.39, 0.29) is 36.4 Å². The third kappa shape index (κ3) is 4.29. The number of halogens is 2. The Hall–Kier alpha value is -4.02. The molecular weight excluding hydrogens is 510 g/mol. The number of ether oxygens (including phenoxy) is 1. The van der Waals surface area contributed by atoms with E-state index in [1.807, 2.05) is 0 Å². The Bertz CT molecular complexity index is 1410. The molecule has 9 nitrogen and oxygen atoms in total. The molecule has 11 heteroatoms. The summed E-state index contributed by atoms with van der Waals surface area (Å²) in [5, 5.41) is 5.02. The van der Waals surface area contributed by atoms with Crippen molar-refractivity contribution in [2.45, 2.75) is 56.7 Å². The van der Waals surface area contributed by atoms with Gasteiger partial charge in [0.25, 0.3) is 5.91 Å². The van der Waals surface area contributed by atoms with Crippen molar-refractivity contribution in [1.82, 2.24) is 15.1 Å². The van der Waals surface area contributed by atoms with E-state index in [0.717, 1.165) is 42.0 Å². The molecule has 2 aromatic carbocycles. The fourth-order valence-electron chi connectivity index (χ4n) is 6.27. The van der Waals surface area contributed by atoms with Gasteiger partial charge in [0.15, 0.2) is 0 Å². The number of aryl methyl sites for hydroxylation is 2. The zero-order chi connectivity index (χ0) is 27.5. The number of benzene rings is 2. The van der Waals surface area contributed by atoms with Crippen molar-refractivity contribution in [3.05, 3.63) is 64.2 Å². The lowest BCUT2D eigenvalue weighted by molar-refractivity contribution is -0.141. The van der Waals surface area contributed by atoms with Crippen LogP contribution in [0.15, 0.2) is 30.3 Å². The Morgan fingerprint density at radius 3 is 2.62 bits per heavy atom. The van der Waals surface area contributed by atoms with Crippen LogP contribution in [0.4, 0.5) is 24.1 Å². The minimum atomic E-state index is -1.48. The zero-order valence-electron chi connectivity index (χ0n) is 21.4. The smallest absolute Gasteiger partial charge is 0.411 e. The molecule has 4 aliphatic rings. The van der Waals surface area contributed by atoms with Gasteiger partial charge in [0.2, 0.25) is 5.91 Å². The summed E-state index contributed by atoms with van der Waals surface area (Å²) in [5.41, 5.74) is 1.08. The lowest BCUT2D eigenvalue weighted by Gasteiger charge is -2.31. The van der Waals surface area contributed by atoms with Gasteiger partial charge in [-0.2, -0.15) is 0 Å². The van der Waals surface area contributed by atoms with Gasteiger partial charge in [-0.3, -0.25) is 19.8 Å². The van der Waals surface area contributed by atoms with Gasteiger partial charge in [0.05, 0.1) is 12.8 Å². The predicted octanol–water partition coefficient (Wildman–Crippen LogP) is 3.59. The van der Waals surface area contributed by atoms with E-state index >= 15 is 0 Å². The minimum absolute atomic E-state index is 0.0512. The van der Waals surface area contributed by atoms with Crippen LogP contribution in [0.2, 0.25) is 0 Å². The van der Waals surface area contributed by atoms with Crippen LogP contribution < -0.4 is 10.6 Å². The molecule has 2 atom stereocenters. The number of anilines is 1. The van der Waals surface area contributed by atoms with Gasteiger partial charge in [0, 0.05) is 12.6 Å². The third-order valence-electron chi connectivity index (χ3n) is 8.42. The Labute approximate surface area is 223 Å². The molecule has 0 bridgehead atoms. The summed E-state index contributed by atoms with van der Waals surface area (Å²) in [7, 11) is 1.16. The van der Waals surface area contributed by atoms with Crippen molar-refractivity contribution >= 4 is 29.6 Å². The highest BCUT2D eigenvalue weighted by molar-refractivity contribution is 6.10. The highest BCUT2D eigenvalue weighted by atomic mass is 19.1. The molecule has 2 heterocycles. The number of fused-ring (bicyclic) bond motifs is 3. The molecule has 2 aliphatic heterocycles. The van der Waals surface area contributed by atoms with Gasteiger partial charge in [-0.15, -0.1) is 0 Å². The molecule has 1 unspecified atom stereocenters. The average molecular weight is 539 g/mol. The van der Waals surface area contributed by atoms with Gasteiger partial charge < -0.3 is 15.0 Å². The molecule has 2 N–H and O–H groups in total. The molecule has 1 spiro atoms. The molecule has 6 rings (SSSR count). The lowest BCUT2D eigenvalue weighted by Crippen LogP contribution is -2.48. The van der Waals surface area contributed by atoms with Crippen LogP contribution in [0.5, 0.6) is 0 Å². The molecule has 2 fully saturated rings. The van der Waals surface area contributed by atoms with Gasteiger partial charge in [0.1, 0.15) is 23.7 Å². The fraction of sp³-hybridized carbons (Fsp3) is 0.429. The summed E-state index contributed by atoms with van der Waals surface area (Å²) in [5.74, 6) is -1.70. The quantitative estimate of drug-likeness (QED) is 0.579. The van der Waals surface area contributed by atoms with Crippen molar-refractivity contribution in [2.75, 3.05) is 19.0 Å². The second-order valence-corrected chi connectivity index (χ2v) is 10.7. The van der Waals surface area contributed by atoms with E-state index in [2.05, 4.69) is 15.4 Å². The van der Waals surface area contributed by atoms with Crippen LogP contribution in [0.3, 0.4) is 0 Å². The van der Waals surface area contributed by atoms with Gasteiger partial charge in [-0.25, -0.2) is 18.4 Å². The SMILES string of the molecule is COC(=O)Nc1cc2c(cc1F)C1(CC2)NC(=O)N(CC(=O)N2Cc3ccc(F)cc3CC[C@H]2C2CC2)C1=O. The Morgan fingerprint density at radius 2 is 1.87 bits per heavy atom. The number of methoxy groups -OCH3 is 1. The first-order valence-corrected chi connectivity index (χ1v) is 13.1. The van der Waals surface area contributed by atoms with Crippen LogP contribution in [0, 0.1) is 17.6 Å². The largest absolute Gasteiger partial charge is 0.453 e. The molecule has 5 amide bonds. The number of carbonyl (C=O) groups is 4. The first-order chi connectivity index (χ1) is 18.7. The van der Waals surface area contributed by atoms with Gasteiger partial charge in [-0.05, 0) is 91.0 Å². The molecular formula is C28H28F2N4O5. The van der Waals surface area contributed by atoms with Crippen molar-refractivity contribution in [3.63, 3.8) is 0 Å². The number of amides is 5. The number of rotatable bonds is 4. The van der Waals surface area contributed by atoms with Crippen LogP contribution in [-0.4, -0.2) is 53.4 Å². The van der Waals surface area contributed by atoms with Crippen LogP contribution in [-0.2, 0) is 39.3 Å². The van der Waals surface area contributed by atoms with E-state index in [4.69, 9.17) is 0 Å². The lowest BCUT2D eigenvalue weighted by atomic mass is 9.91. The second kappa shape index (κ2) is 9.32. The maximum atomic E-state index is 14.9. The molecule has 39 heavy (non-hydrogen) atoms. The summed E-state index contributed by atoms with van der Waals surface area (Å²) in [4.78, 5) is 54.6. The molecule has 0 radical (unpaired) electrons. The Morgan fingerprint density at radius 1 is 1.08 bits per heavy atom. The molecule has 2 aliphatic carbocycles. The minimum Gasteiger partial charge on any atom is -0.453 e. The van der Waals surface area contributed by atoms with E-state index < -0.39 is 35.9 Å².